The smallest absolute Gasteiger partial charge is 0.207 e. The lowest BCUT2D eigenvalue weighted by atomic mass is 9.95. The first-order valence-electron chi connectivity index (χ1n) is 6.01. The molecule has 0 unspecified atom stereocenters. The highest BCUT2D eigenvalue weighted by Crippen LogP contribution is 2.18. The number of carbonyl (C=O) groups excluding carboxylic acids is 1. The number of carbonyl (C=O) groups is 1. The predicted octanol–water partition coefficient (Wildman–Crippen LogP) is 2.41. The largest absolute Gasteiger partial charge is 0.358 e. The van der Waals surface area contributed by atoms with Crippen LogP contribution in [0.2, 0.25) is 0 Å². The van der Waals surface area contributed by atoms with Gasteiger partial charge in [-0.25, -0.2) is 0 Å². The summed E-state index contributed by atoms with van der Waals surface area (Å²) in [4.78, 5) is 10.2. The van der Waals surface area contributed by atoms with Crippen LogP contribution in [0.1, 0.15) is 36.1 Å². The summed E-state index contributed by atoms with van der Waals surface area (Å²) in [6, 6.07) is 4.58. The standard InChI is InChI=1S/C14H21NO/c1-4-12-8-11(3)14(6-7-15-10-16)9-13(12)5-2/h8-10H,4-7H2,1-3H3,(H,15,16). The molecule has 0 aliphatic heterocycles. The van der Waals surface area contributed by atoms with Crippen LogP contribution in [0.5, 0.6) is 0 Å². The van der Waals surface area contributed by atoms with E-state index in [0.29, 0.717) is 0 Å². The molecule has 1 rings (SSSR count). The topological polar surface area (TPSA) is 29.1 Å². The fourth-order valence-electron chi connectivity index (χ4n) is 2.06. The lowest BCUT2D eigenvalue weighted by molar-refractivity contribution is -0.109. The van der Waals surface area contributed by atoms with Gasteiger partial charge in [0.15, 0.2) is 0 Å². The maximum atomic E-state index is 10.2. The molecule has 0 heterocycles. The fraction of sp³-hybridized carbons (Fsp3) is 0.500. The average Bonchev–Trinajstić information content (AvgIpc) is 2.31. The van der Waals surface area contributed by atoms with Gasteiger partial charge in [-0.15, -0.1) is 0 Å². The monoisotopic (exact) mass is 219 g/mol. The summed E-state index contributed by atoms with van der Waals surface area (Å²) in [5.74, 6) is 0. The van der Waals surface area contributed by atoms with Crippen molar-refractivity contribution in [2.24, 2.45) is 0 Å². The maximum absolute atomic E-state index is 10.2. The Kier molecular flexibility index (Phi) is 5.03. The number of hydrogen-bond acceptors (Lipinski definition) is 1. The predicted molar refractivity (Wildman–Crippen MR) is 67.7 cm³/mol. The first kappa shape index (κ1) is 12.8. The molecular weight excluding hydrogens is 198 g/mol. The molecule has 0 aliphatic rings. The summed E-state index contributed by atoms with van der Waals surface area (Å²) in [6.45, 7) is 7.26. The number of hydrogen-bond donors (Lipinski definition) is 1. The molecule has 1 aromatic rings. The second kappa shape index (κ2) is 6.31. The van der Waals surface area contributed by atoms with Crippen molar-refractivity contribution in [3.05, 3.63) is 34.4 Å². The highest BCUT2D eigenvalue weighted by atomic mass is 16.1. The quantitative estimate of drug-likeness (QED) is 0.578. The summed E-state index contributed by atoms with van der Waals surface area (Å²) in [5, 5.41) is 2.71. The van der Waals surface area contributed by atoms with Gasteiger partial charge in [-0.2, -0.15) is 0 Å². The van der Waals surface area contributed by atoms with Gasteiger partial charge in [-0.3, -0.25) is 4.79 Å². The van der Waals surface area contributed by atoms with Crippen molar-refractivity contribution in [2.75, 3.05) is 6.54 Å². The summed E-state index contributed by atoms with van der Waals surface area (Å²) < 4.78 is 0. The molecule has 1 N–H and O–H groups in total. The summed E-state index contributed by atoms with van der Waals surface area (Å²) in [7, 11) is 0. The molecule has 0 saturated carbocycles. The normalized spacial score (nSPS) is 10.2. The van der Waals surface area contributed by atoms with Crippen LogP contribution in [0.3, 0.4) is 0 Å². The van der Waals surface area contributed by atoms with Crippen molar-refractivity contribution < 1.29 is 4.79 Å². The Morgan fingerprint density at radius 2 is 1.75 bits per heavy atom. The first-order chi connectivity index (χ1) is 7.72. The van der Waals surface area contributed by atoms with Gasteiger partial charge in [0.25, 0.3) is 0 Å². The van der Waals surface area contributed by atoms with Crippen LogP contribution in [0.25, 0.3) is 0 Å². The molecule has 1 amide bonds. The van der Waals surface area contributed by atoms with Crippen molar-refractivity contribution in [2.45, 2.75) is 40.0 Å². The zero-order chi connectivity index (χ0) is 12.0. The van der Waals surface area contributed by atoms with Gasteiger partial charge < -0.3 is 5.32 Å². The SMILES string of the molecule is CCc1cc(C)c(CCNC=O)cc1CC. The van der Waals surface area contributed by atoms with Crippen molar-refractivity contribution in [1.82, 2.24) is 5.32 Å². The van der Waals surface area contributed by atoms with Gasteiger partial charge in [0, 0.05) is 6.54 Å². The molecule has 0 atom stereocenters. The van der Waals surface area contributed by atoms with Crippen LogP contribution in [-0.2, 0) is 24.1 Å². The summed E-state index contributed by atoms with van der Waals surface area (Å²) in [5.41, 5.74) is 5.58. The van der Waals surface area contributed by atoms with E-state index in [1.54, 1.807) is 0 Å². The fourth-order valence-corrected chi connectivity index (χ4v) is 2.06. The van der Waals surface area contributed by atoms with Crippen molar-refractivity contribution >= 4 is 6.41 Å². The molecule has 0 aliphatic carbocycles. The summed E-state index contributed by atoms with van der Waals surface area (Å²) in [6.07, 6.45) is 3.85. The van der Waals surface area contributed by atoms with Gasteiger partial charge >= 0.3 is 0 Å². The van der Waals surface area contributed by atoms with Crippen LogP contribution in [0.4, 0.5) is 0 Å². The average molecular weight is 219 g/mol. The molecule has 0 saturated heterocycles. The molecule has 0 aromatic heterocycles. The second-order valence-corrected chi connectivity index (χ2v) is 4.08. The third-order valence-electron chi connectivity index (χ3n) is 3.04. The van der Waals surface area contributed by atoms with E-state index in [1.165, 1.54) is 22.3 Å². The van der Waals surface area contributed by atoms with E-state index in [2.05, 4.69) is 38.2 Å². The molecule has 16 heavy (non-hydrogen) atoms. The zero-order valence-electron chi connectivity index (χ0n) is 10.5. The first-order valence-corrected chi connectivity index (χ1v) is 6.01. The zero-order valence-corrected chi connectivity index (χ0v) is 10.5. The molecule has 0 spiro atoms. The molecular formula is C14H21NO. The molecule has 0 radical (unpaired) electrons. The van der Waals surface area contributed by atoms with Crippen molar-refractivity contribution in [1.29, 1.82) is 0 Å². The summed E-state index contributed by atoms with van der Waals surface area (Å²) >= 11 is 0. The van der Waals surface area contributed by atoms with E-state index in [4.69, 9.17) is 0 Å². The van der Waals surface area contributed by atoms with Crippen LogP contribution >= 0.6 is 0 Å². The Hall–Kier alpha value is -1.31. The third kappa shape index (κ3) is 3.09. The van der Waals surface area contributed by atoms with Crippen molar-refractivity contribution in [3.63, 3.8) is 0 Å². The highest BCUT2D eigenvalue weighted by molar-refractivity contribution is 5.46. The molecule has 0 bridgehead atoms. The molecule has 88 valence electrons. The minimum atomic E-state index is 0.721. The van der Waals surface area contributed by atoms with Crippen LogP contribution in [0.15, 0.2) is 12.1 Å². The minimum Gasteiger partial charge on any atom is -0.358 e. The lowest BCUT2D eigenvalue weighted by Gasteiger charge is -2.12. The van der Waals surface area contributed by atoms with Gasteiger partial charge in [0.2, 0.25) is 6.41 Å². The van der Waals surface area contributed by atoms with Gasteiger partial charge in [0.1, 0.15) is 0 Å². The lowest BCUT2D eigenvalue weighted by Crippen LogP contribution is -2.15. The van der Waals surface area contributed by atoms with E-state index in [0.717, 1.165) is 32.2 Å². The highest BCUT2D eigenvalue weighted by Gasteiger charge is 2.04. The minimum absolute atomic E-state index is 0.721. The van der Waals surface area contributed by atoms with E-state index < -0.39 is 0 Å². The third-order valence-corrected chi connectivity index (χ3v) is 3.04. The molecule has 2 nitrogen and oxygen atoms in total. The number of amides is 1. The maximum Gasteiger partial charge on any atom is 0.207 e. The Morgan fingerprint density at radius 1 is 1.12 bits per heavy atom. The number of nitrogens with one attached hydrogen (secondary N) is 1. The Balaban J connectivity index is 2.88. The number of benzene rings is 1. The Labute approximate surface area is 98.1 Å². The van der Waals surface area contributed by atoms with Gasteiger partial charge in [-0.1, -0.05) is 26.0 Å². The van der Waals surface area contributed by atoms with Crippen molar-refractivity contribution in [3.8, 4) is 0 Å². The second-order valence-electron chi connectivity index (χ2n) is 4.08. The van der Waals surface area contributed by atoms with E-state index >= 15 is 0 Å². The Bertz CT molecular complexity index is 358. The van der Waals surface area contributed by atoms with E-state index in [-0.39, 0.29) is 0 Å². The number of aryl methyl sites for hydroxylation is 3. The van der Waals surface area contributed by atoms with Crippen LogP contribution in [-0.4, -0.2) is 13.0 Å². The number of rotatable bonds is 6. The Morgan fingerprint density at radius 3 is 2.31 bits per heavy atom. The molecule has 0 fully saturated rings. The van der Waals surface area contributed by atoms with E-state index in [9.17, 15) is 4.79 Å². The van der Waals surface area contributed by atoms with Gasteiger partial charge in [0.05, 0.1) is 0 Å². The van der Waals surface area contributed by atoms with Crippen LogP contribution in [0, 0.1) is 6.92 Å². The molecule has 2 heteroatoms. The van der Waals surface area contributed by atoms with E-state index in [1.807, 2.05) is 0 Å². The molecule has 1 aromatic carbocycles. The van der Waals surface area contributed by atoms with Gasteiger partial charge in [-0.05, 0) is 48.4 Å². The van der Waals surface area contributed by atoms with Crippen LogP contribution < -0.4 is 5.32 Å².